The molecule has 0 fully saturated rings. The summed E-state index contributed by atoms with van der Waals surface area (Å²) in [4.78, 5) is 0. The third-order valence-electron chi connectivity index (χ3n) is 3.32. The number of rotatable bonds is 6. The molecule has 0 aliphatic carbocycles. The molecule has 1 unspecified atom stereocenters. The van der Waals surface area contributed by atoms with Crippen molar-refractivity contribution in [1.82, 2.24) is 5.32 Å². The summed E-state index contributed by atoms with van der Waals surface area (Å²) >= 11 is 0. The molecule has 0 saturated carbocycles. The van der Waals surface area contributed by atoms with Gasteiger partial charge in [0, 0.05) is 12.5 Å². The summed E-state index contributed by atoms with van der Waals surface area (Å²) < 4.78 is 24.2. The van der Waals surface area contributed by atoms with Crippen LogP contribution in [-0.2, 0) is 13.0 Å². The molecule has 0 aliphatic rings. The molecule has 2 aromatic rings. The largest absolute Gasteiger partial charge is 0.494 e. The third-order valence-corrected chi connectivity index (χ3v) is 3.32. The molecule has 1 atom stereocenters. The third kappa shape index (κ3) is 3.39. The summed E-state index contributed by atoms with van der Waals surface area (Å²) in [5.41, 5.74) is 0.880. The van der Waals surface area contributed by atoms with Gasteiger partial charge in [-0.25, -0.2) is 4.39 Å². The molecule has 2 rings (SSSR count). The minimum atomic E-state index is -0.343. The first kappa shape index (κ1) is 14.6. The van der Waals surface area contributed by atoms with Gasteiger partial charge < -0.3 is 14.5 Å². The molecule has 1 aromatic carbocycles. The lowest BCUT2D eigenvalue weighted by Gasteiger charge is -2.14. The van der Waals surface area contributed by atoms with Crippen LogP contribution in [0.5, 0.6) is 5.75 Å². The molecule has 0 aliphatic heterocycles. The van der Waals surface area contributed by atoms with Crippen molar-refractivity contribution in [1.29, 1.82) is 0 Å². The van der Waals surface area contributed by atoms with E-state index in [0.717, 1.165) is 23.5 Å². The Morgan fingerprint density at radius 2 is 2.00 bits per heavy atom. The van der Waals surface area contributed by atoms with Gasteiger partial charge in [-0.15, -0.1) is 0 Å². The maximum absolute atomic E-state index is 13.7. The Morgan fingerprint density at radius 1 is 1.25 bits per heavy atom. The number of aryl methyl sites for hydroxylation is 1. The molecule has 4 heteroatoms. The van der Waals surface area contributed by atoms with E-state index in [9.17, 15) is 4.39 Å². The van der Waals surface area contributed by atoms with Crippen LogP contribution in [-0.4, -0.2) is 7.11 Å². The lowest BCUT2D eigenvalue weighted by molar-refractivity contribution is 0.385. The summed E-state index contributed by atoms with van der Waals surface area (Å²) in [6.45, 7) is 4.67. The summed E-state index contributed by atoms with van der Waals surface area (Å²) in [5.74, 6) is 1.79. The van der Waals surface area contributed by atoms with Crippen molar-refractivity contribution in [2.24, 2.45) is 0 Å². The number of furan rings is 1. The number of hydrogen-bond donors (Lipinski definition) is 1. The Labute approximate surface area is 118 Å². The first-order valence-electron chi connectivity index (χ1n) is 6.78. The van der Waals surface area contributed by atoms with Crippen LogP contribution in [0.2, 0.25) is 0 Å². The summed E-state index contributed by atoms with van der Waals surface area (Å²) in [5, 5.41) is 3.32. The van der Waals surface area contributed by atoms with E-state index < -0.39 is 0 Å². The first-order chi connectivity index (χ1) is 9.63. The maximum Gasteiger partial charge on any atom is 0.165 e. The number of nitrogens with one attached hydrogen (secondary N) is 1. The molecule has 0 amide bonds. The van der Waals surface area contributed by atoms with Crippen LogP contribution >= 0.6 is 0 Å². The van der Waals surface area contributed by atoms with E-state index in [0.29, 0.717) is 6.54 Å². The first-order valence-corrected chi connectivity index (χ1v) is 6.78. The zero-order valence-corrected chi connectivity index (χ0v) is 12.1. The Balaban J connectivity index is 1.97. The van der Waals surface area contributed by atoms with Gasteiger partial charge in [0.15, 0.2) is 11.6 Å². The molecule has 1 aromatic heterocycles. The van der Waals surface area contributed by atoms with Gasteiger partial charge in [0.2, 0.25) is 0 Å². The molecular weight excluding hydrogens is 257 g/mol. The van der Waals surface area contributed by atoms with Gasteiger partial charge in [-0.2, -0.15) is 0 Å². The monoisotopic (exact) mass is 277 g/mol. The SMILES string of the molecule is CCc1ccc(CNC(C)c2ccc(OC)c(F)c2)o1. The highest BCUT2D eigenvalue weighted by atomic mass is 19.1. The second kappa shape index (κ2) is 6.57. The zero-order chi connectivity index (χ0) is 14.5. The van der Waals surface area contributed by atoms with E-state index in [2.05, 4.69) is 12.2 Å². The number of methoxy groups -OCH3 is 1. The molecule has 3 nitrogen and oxygen atoms in total. The second-order valence-electron chi connectivity index (χ2n) is 4.72. The predicted octanol–water partition coefficient (Wildman–Crippen LogP) is 3.84. The van der Waals surface area contributed by atoms with Crippen molar-refractivity contribution in [3.8, 4) is 5.75 Å². The van der Waals surface area contributed by atoms with E-state index in [1.54, 1.807) is 6.07 Å². The van der Waals surface area contributed by atoms with Crippen LogP contribution < -0.4 is 10.1 Å². The van der Waals surface area contributed by atoms with E-state index >= 15 is 0 Å². The number of benzene rings is 1. The lowest BCUT2D eigenvalue weighted by atomic mass is 10.1. The van der Waals surface area contributed by atoms with Crippen molar-refractivity contribution < 1.29 is 13.5 Å². The molecule has 0 spiro atoms. The van der Waals surface area contributed by atoms with E-state index in [-0.39, 0.29) is 17.6 Å². The molecule has 0 saturated heterocycles. The molecular formula is C16H20FNO2. The van der Waals surface area contributed by atoms with Gasteiger partial charge in [0.1, 0.15) is 11.5 Å². The lowest BCUT2D eigenvalue weighted by Crippen LogP contribution is -2.17. The van der Waals surface area contributed by atoms with Gasteiger partial charge in [0.25, 0.3) is 0 Å². The molecule has 1 N–H and O–H groups in total. The predicted molar refractivity (Wildman–Crippen MR) is 76.3 cm³/mol. The van der Waals surface area contributed by atoms with Crippen LogP contribution in [0.4, 0.5) is 4.39 Å². The minimum absolute atomic E-state index is 0.0329. The van der Waals surface area contributed by atoms with Crippen LogP contribution in [0.1, 0.15) is 37.0 Å². The Morgan fingerprint density at radius 3 is 2.60 bits per heavy atom. The fourth-order valence-corrected chi connectivity index (χ4v) is 2.03. The van der Waals surface area contributed by atoms with Crippen molar-refractivity contribution in [3.63, 3.8) is 0 Å². The van der Waals surface area contributed by atoms with Crippen LogP contribution in [0, 0.1) is 5.82 Å². The highest BCUT2D eigenvalue weighted by Crippen LogP contribution is 2.22. The zero-order valence-electron chi connectivity index (χ0n) is 12.1. The Hall–Kier alpha value is -1.81. The van der Waals surface area contributed by atoms with E-state index in [1.807, 2.05) is 25.1 Å². The van der Waals surface area contributed by atoms with E-state index in [1.165, 1.54) is 13.2 Å². The maximum atomic E-state index is 13.7. The number of hydrogen-bond acceptors (Lipinski definition) is 3. The van der Waals surface area contributed by atoms with Gasteiger partial charge in [-0.1, -0.05) is 13.0 Å². The smallest absolute Gasteiger partial charge is 0.165 e. The van der Waals surface area contributed by atoms with Gasteiger partial charge in [-0.3, -0.25) is 0 Å². The average molecular weight is 277 g/mol. The van der Waals surface area contributed by atoms with Gasteiger partial charge >= 0.3 is 0 Å². The van der Waals surface area contributed by atoms with E-state index in [4.69, 9.17) is 9.15 Å². The van der Waals surface area contributed by atoms with Crippen LogP contribution in [0.3, 0.4) is 0 Å². The number of ether oxygens (including phenoxy) is 1. The highest BCUT2D eigenvalue weighted by Gasteiger charge is 2.10. The van der Waals surface area contributed by atoms with Crippen molar-refractivity contribution in [2.75, 3.05) is 7.11 Å². The van der Waals surface area contributed by atoms with Crippen molar-refractivity contribution in [3.05, 3.63) is 53.2 Å². The topological polar surface area (TPSA) is 34.4 Å². The van der Waals surface area contributed by atoms with Crippen LogP contribution in [0.15, 0.2) is 34.7 Å². The van der Waals surface area contributed by atoms with Crippen molar-refractivity contribution in [2.45, 2.75) is 32.9 Å². The fraction of sp³-hybridized carbons (Fsp3) is 0.375. The summed E-state index contributed by atoms with van der Waals surface area (Å²) in [6.07, 6.45) is 0.888. The quantitative estimate of drug-likeness (QED) is 0.871. The fourth-order valence-electron chi connectivity index (χ4n) is 2.03. The molecule has 1 heterocycles. The standard InChI is InChI=1S/C16H20FNO2/c1-4-13-6-7-14(20-13)10-18-11(2)12-5-8-16(19-3)15(17)9-12/h5-9,11,18H,4,10H2,1-3H3. The summed E-state index contributed by atoms with van der Waals surface area (Å²) in [7, 11) is 1.46. The second-order valence-corrected chi connectivity index (χ2v) is 4.72. The van der Waals surface area contributed by atoms with Gasteiger partial charge in [0.05, 0.1) is 13.7 Å². The number of halogens is 1. The molecule has 108 valence electrons. The van der Waals surface area contributed by atoms with Crippen molar-refractivity contribution >= 4 is 0 Å². The summed E-state index contributed by atoms with van der Waals surface area (Å²) in [6, 6.07) is 8.98. The highest BCUT2D eigenvalue weighted by molar-refractivity contribution is 5.30. The average Bonchev–Trinajstić information content (AvgIpc) is 2.92. The Kier molecular flexibility index (Phi) is 4.79. The molecule has 0 bridgehead atoms. The van der Waals surface area contributed by atoms with Gasteiger partial charge in [-0.05, 0) is 36.8 Å². The molecule has 20 heavy (non-hydrogen) atoms. The normalized spacial score (nSPS) is 12.4. The Bertz CT molecular complexity index is 565. The minimum Gasteiger partial charge on any atom is -0.494 e. The van der Waals surface area contributed by atoms with Crippen LogP contribution in [0.25, 0.3) is 0 Å². The molecule has 0 radical (unpaired) electrons.